The minimum absolute atomic E-state index is 0.416. The lowest BCUT2D eigenvalue weighted by molar-refractivity contribution is 0.795. The third kappa shape index (κ3) is 4.30. The van der Waals surface area contributed by atoms with Gasteiger partial charge in [-0.2, -0.15) is 9.97 Å². The summed E-state index contributed by atoms with van der Waals surface area (Å²) in [5.74, 6) is 12.1. The Bertz CT molecular complexity index is 546. The molecule has 0 fully saturated rings. The molecule has 0 radical (unpaired) electrons. The van der Waals surface area contributed by atoms with Crippen LogP contribution in [0.15, 0.2) is 30.3 Å². The van der Waals surface area contributed by atoms with Gasteiger partial charge in [-0.25, -0.2) is 11.7 Å². The maximum Gasteiger partial charge on any atom is 0.231 e. The quantitative estimate of drug-likeness (QED) is 0.391. The molecule has 0 aliphatic carbocycles. The van der Waals surface area contributed by atoms with Gasteiger partial charge >= 0.3 is 0 Å². The average molecular weight is 287 g/mol. The average Bonchev–Trinajstić information content (AvgIpc) is 2.53. The lowest BCUT2D eigenvalue weighted by atomic mass is 10.1. The van der Waals surface area contributed by atoms with Crippen molar-refractivity contribution in [3.8, 4) is 0 Å². The summed E-state index contributed by atoms with van der Waals surface area (Å²) in [5, 5.41) is 3.12. The Labute approximate surface area is 124 Å². The molecule has 1 aromatic heterocycles. The van der Waals surface area contributed by atoms with Crippen LogP contribution in [0.4, 0.5) is 23.3 Å². The van der Waals surface area contributed by atoms with Crippen LogP contribution < -0.4 is 27.9 Å². The third-order valence-electron chi connectivity index (χ3n) is 3.05. The molecular formula is C14H21N7. The minimum atomic E-state index is 0.416. The van der Waals surface area contributed by atoms with Gasteiger partial charge in [0, 0.05) is 11.8 Å². The molecule has 1 heterocycles. The fraction of sp³-hybridized carbons (Fsp3) is 0.286. The molecule has 0 aliphatic rings. The first-order valence-corrected chi connectivity index (χ1v) is 6.93. The number of aryl methyl sites for hydroxylation is 1. The zero-order valence-corrected chi connectivity index (χ0v) is 12.1. The van der Waals surface area contributed by atoms with E-state index in [9.17, 15) is 0 Å². The van der Waals surface area contributed by atoms with Crippen LogP contribution in [0.1, 0.15) is 25.3 Å². The lowest BCUT2D eigenvalue weighted by Crippen LogP contribution is -2.14. The van der Waals surface area contributed by atoms with Crippen molar-refractivity contribution in [3.63, 3.8) is 0 Å². The van der Waals surface area contributed by atoms with Crippen molar-refractivity contribution in [2.75, 3.05) is 16.2 Å². The molecule has 0 amide bonds. The number of anilines is 4. The molecule has 0 saturated carbocycles. The predicted octanol–water partition coefficient (Wildman–Crippen LogP) is 2.13. The molecule has 7 nitrogen and oxygen atoms in total. The van der Waals surface area contributed by atoms with E-state index in [0.717, 1.165) is 12.1 Å². The number of nitrogen functional groups attached to an aromatic ring is 2. The SMILES string of the molecule is CCCCc1ccc(Nc2nc(NN)cc(NN)n2)cc1. The minimum Gasteiger partial charge on any atom is -0.324 e. The number of hydrazine groups is 2. The molecule has 2 rings (SSSR count). The largest absolute Gasteiger partial charge is 0.324 e. The molecule has 0 spiro atoms. The Morgan fingerprint density at radius 1 is 1.00 bits per heavy atom. The zero-order chi connectivity index (χ0) is 15.1. The molecule has 112 valence electrons. The number of unbranched alkanes of at least 4 members (excludes halogenated alkanes) is 1. The summed E-state index contributed by atoms with van der Waals surface area (Å²) in [6.45, 7) is 2.19. The van der Waals surface area contributed by atoms with Gasteiger partial charge in [-0.05, 0) is 30.5 Å². The molecular weight excluding hydrogens is 266 g/mol. The maximum atomic E-state index is 5.37. The van der Waals surface area contributed by atoms with E-state index in [-0.39, 0.29) is 0 Å². The van der Waals surface area contributed by atoms with Crippen molar-refractivity contribution < 1.29 is 0 Å². The van der Waals surface area contributed by atoms with Crippen molar-refractivity contribution in [3.05, 3.63) is 35.9 Å². The van der Waals surface area contributed by atoms with Gasteiger partial charge in [-0.1, -0.05) is 25.5 Å². The Kier molecular flexibility index (Phi) is 5.30. The van der Waals surface area contributed by atoms with Gasteiger partial charge in [0.25, 0.3) is 0 Å². The Morgan fingerprint density at radius 3 is 2.14 bits per heavy atom. The summed E-state index contributed by atoms with van der Waals surface area (Å²) in [7, 11) is 0. The van der Waals surface area contributed by atoms with Gasteiger partial charge in [0.05, 0.1) is 0 Å². The van der Waals surface area contributed by atoms with Crippen LogP contribution >= 0.6 is 0 Å². The van der Waals surface area contributed by atoms with E-state index in [1.807, 2.05) is 12.1 Å². The van der Waals surface area contributed by atoms with Gasteiger partial charge in [0.1, 0.15) is 11.6 Å². The molecule has 2 aromatic rings. The first-order valence-electron chi connectivity index (χ1n) is 6.93. The predicted molar refractivity (Wildman–Crippen MR) is 86.0 cm³/mol. The maximum absolute atomic E-state index is 5.37. The van der Waals surface area contributed by atoms with Crippen LogP contribution in [-0.2, 0) is 6.42 Å². The summed E-state index contributed by atoms with van der Waals surface area (Å²) in [5.41, 5.74) is 7.18. The fourth-order valence-corrected chi connectivity index (χ4v) is 1.92. The number of nitrogens with two attached hydrogens (primary N) is 2. The van der Waals surface area contributed by atoms with E-state index < -0.39 is 0 Å². The van der Waals surface area contributed by atoms with E-state index in [2.05, 4.69) is 45.2 Å². The first kappa shape index (κ1) is 15.0. The van der Waals surface area contributed by atoms with Gasteiger partial charge in [-0.15, -0.1) is 0 Å². The van der Waals surface area contributed by atoms with E-state index in [1.165, 1.54) is 18.4 Å². The summed E-state index contributed by atoms with van der Waals surface area (Å²) < 4.78 is 0. The number of hydrogen-bond acceptors (Lipinski definition) is 7. The van der Waals surface area contributed by atoms with Crippen LogP contribution in [-0.4, -0.2) is 9.97 Å². The molecule has 7 heteroatoms. The highest BCUT2D eigenvalue weighted by Crippen LogP contribution is 2.18. The monoisotopic (exact) mass is 287 g/mol. The van der Waals surface area contributed by atoms with Crippen LogP contribution in [0.3, 0.4) is 0 Å². The number of hydrogen-bond donors (Lipinski definition) is 5. The summed E-state index contributed by atoms with van der Waals surface area (Å²) in [6.07, 6.45) is 3.49. The van der Waals surface area contributed by atoms with Crippen molar-refractivity contribution >= 4 is 23.3 Å². The normalized spacial score (nSPS) is 10.2. The van der Waals surface area contributed by atoms with Crippen LogP contribution in [0.25, 0.3) is 0 Å². The molecule has 0 atom stereocenters. The molecule has 0 unspecified atom stereocenters. The molecule has 7 N–H and O–H groups in total. The fourth-order valence-electron chi connectivity index (χ4n) is 1.92. The highest BCUT2D eigenvalue weighted by Gasteiger charge is 2.04. The number of nitrogens with one attached hydrogen (secondary N) is 3. The van der Waals surface area contributed by atoms with Crippen LogP contribution in [0, 0.1) is 0 Å². The summed E-state index contributed by atoms with van der Waals surface area (Å²) in [6, 6.07) is 9.83. The second kappa shape index (κ2) is 7.41. The van der Waals surface area contributed by atoms with Gasteiger partial charge in [-0.3, -0.25) is 0 Å². The topological polar surface area (TPSA) is 114 Å². The van der Waals surface area contributed by atoms with Crippen LogP contribution in [0.5, 0.6) is 0 Å². The van der Waals surface area contributed by atoms with Crippen molar-refractivity contribution in [2.24, 2.45) is 11.7 Å². The zero-order valence-electron chi connectivity index (χ0n) is 12.1. The van der Waals surface area contributed by atoms with Gasteiger partial charge in [0.15, 0.2) is 0 Å². The van der Waals surface area contributed by atoms with E-state index in [1.54, 1.807) is 6.07 Å². The Hall–Kier alpha value is -2.38. The molecule has 1 aromatic carbocycles. The van der Waals surface area contributed by atoms with Gasteiger partial charge in [0.2, 0.25) is 5.95 Å². The third-order valence-corrected chi connectivity index (χ3v) is 3.05. The van der Waals surface area contributed by atoms with Crippen molar-refractivity contribution in [1.82, 2.24) is 9.97 Å². The molecule has 21 heavy (non-hydrogen) atoms. The van der Waals surface area contributed by atoms with Crippen molar-refractivity contribution in [2.45, 2.75) is 26.2 Å². The Morgan fingerprint density at radius 2 is 1.62 bits per heavy atom. The summed E-state index contributed by atoms with van der Waals surface area (Å²) >= 11 is 0. The first-order chi connectivity index (χ1) is 10.2. The van der Waals surface area contributed by atoms with Gasteiger partial charge < -0.3 is 16.2 Å². The standard InChI is InChI=1S/C14H21N7/c1-2-3-4-10-5-7-11(8-6-10)17-14-18-12(20-15)9-13(19-14)21-16/h5-9H,2-4,15-16H2,1H3,(H3,17,18,19,20,21). The smallest absolute Gasteiger partial charge is 0.231 e. The van der Waals surface area contributed by atoms with Crippen molar-refractivity contribution in [1.29, 1.82) is 0 Å². The van der Waals surface area contributed by atoms with E-state index in [4.69, 9.17) is 11.7 Å². The molecule has 0 saturated heterocycles. The number of rotatable bonds is 7. The number of aromatic nitrogens is 2. The van der Waals surface area contributed by atoms with Crippen LogP contribution in [0.2, 0.25) is 0 Å². The highest BCUT2D eigenvalue weighted by atomic mass is 15.3. The lowest BCUT2D eigenvalue weighted by Gasteiger charge is -2.09. The second-order valence-electron chi connectivity index (χ2n) is 4.68. The van der Waals surface area contributed by atoms with E-state index >= 15 is 0 Å². The molecule has 0 bridgehead atoms. The molecule has 0 aliphatic heterocycles. The number of nitrogens with zero attached hydrogens (tertiary/aromatic N) is 2. The van der Waals surface area contributed by atoms with E-state index in [0.29, 0.717) is 17.6 Å². The summed E-state index contributed by atoms with van der Waals surface area (Å²) in [4.78, 5) is 8.43. The number of benzene rings is 1. The Balaban J connectivity index is 2.10. The highest BCUT2D eigenvalue weighted by molar-refractivity contribution is 5.58. The second-order valence-corrected chi connectivity index (χ2v) is 4.68.